The predicted octanol–water partition coefficient (Wildman–Crippen LogP) is 3.45. The fraction of sp³-hybridized carbons (Fsp3) is 0.462. The highest BCUT2D eigenvalue weighted by atomic mass is 79.9. The number of hydrogen-bond acceptors (Lipinski definition) is 3. The molecule has 0 fully saturated rings. The van der Waals surface area contributed by atoms with Gasteiger partial charge < -0.3 is 9.47 Å². The summed E-state index contributed by atoms with van der Waals surface area (Å²) in [6.07, 6.45) is 0.486. The molecular formula is C13H17BrO3. The summed E-state index contributed by atoms with van der Waals surface area (Å²) in [5.74, 6) is 1.42. The van der Waals surface area contributed by atoms with E-state index in [-0.39, 0.29) is 5.78 Å². The third-order valence-electron chi connectivity index (χ3n) is 2.19. The average Bonchev–Trinajstić information content (AvgIpc) is 2.32. The minimum absolute atomic E-state index is 0.103. The number of benzene rings is 1. The summed E-state index contributed by atoms with van der Waals surface area (Å²) < 4.78 is 10.9. The molecule has 0 aromatic heterocycles. The van der Waals surface area contributed by atoms with Gasteiger partial charge >= 0.3 is 0 Å². The van der Waals surface area contributed by atoms with Crippen LogP contribution in [0.2, 0.25) is 0 Å². The molecule has 3 nitrogen and oxygen atoms in total. The number of ketones is 1. The van der Waals surface area contributed by atoms with Gasteiger partial charge in [-0.15, -0.1) is 0 Å². The third-order valence-corrected chi connectivity index (χ3v) is 2.58. The van der Waals surface area contributed by atoms with Crippen molar-refractivity contribution in [3.63, 3.8) is 0 Å². The van der Waals surface area contributed by atoms with Gasteiger partial charge in [-0.3, -0.25) is 4.79 Å². The summed E-state index contributed by atoms with van der Waals surface area (Å²) in [5, 5.41) is 0.670. The Morgan fingerprint density at radius 3 is 2.41 bits per heavy atom. The summed E-state index contributed by atoms with van der Waals surface area (Å²) in [6.45, 7) is 4.95. The normalized spacial score (nSPS) is 10.1. The van der Waals surface area contributed by atoms with Crippen LogP contribution in [0.1, 0.15) is 30.6 Å². The van der Waals surface area contributed by atoms with Crippen LogP contribution in [-0.2, 0) is 0 Å². The van der Waals surface area contributed by atoms with Crippen LogP contribution in [-0.4, -0.2) is 24.3 Å². The molecule has 1 rings (SSSR count). The molecule has 17 heavy (non-hydrogen) atoms. The first-order valence-electron chi connectivity index (χ1n) is 5.71. The molecule has 0 heterocycles. The zero-order chi connectivity index (χ0) is 12.7. The van der Waals surface area contributed by atoms with Crippen molar-refractivity contribution < 1.29 is 14.3 Å². The molecule has 0 radical (unpaired) electrons. The van der Waals surface area contributed by atoms with Crippen molar-refractivity contribution in [3.8, 4) is 11.5 Å². The van der Waals surface area contributed by atoms with Gasteiger partial charge in [-0.25, -0.2) is 0 Å². The Balaban J connectivity index is 2.95. The second-order valence-corrected chi connectivity index (χ2v) is 4.18. The van der Waals surface area contributed by atoms with Gasteiger partial charge in [0, 0.05) is 17.3 Å². The van der Waals surface area contributed by atoms with Crippen LogP contribution in [0.25, 0.3) is 0 Å². The van der Waals surface area contributed by atoms with Gasteiger partial charge in [0.05, 0.1) is 13.2 Å². The second kappa shape index (κ2) is 7.33. The van der Waals surface area contributed by atoms with Crippen molar-refractivity contribution in [2.45, 2.75) is 20.3 Å². The quantitative estimate of drug-likeness (QED) is 0.571. The van der Waals surface area contributed by atoms with Crippen molar-refractivity contribution in [3.05, 3.63) is 23.8 Å². The highest BCUT2D eigenvalue weighted by Crippen LogP contribution is 2.29. The Labute approximate surface area is 110 Å². The van der Waals surface area contributed by atoms with E-state index in [0.29, 0.717) is 42.0 Å². The zero-order valence-corrected chi connectivity index (χ0v) is 11.7. The number of Topliss-reactive ketones (excluding diaryl/α,β-unsaturated/α-hetero) is 1. The minimum Gasteiger partial charge on any atom is -0.490 e. The van der Waals surface area contributed by atoms with Crippen molar-refractivity contribution >= 4 is 21.7 Å². The van der Waals surface area contributed by atoms with Gasteiger partial charge in [0.15, 0.2) is 17.3 Å². The lowest BCUT2D eigenvalue weighted by Crippen LogP contribution is -2.03. The molecule has 4 heteroatoms. The van der Waals surface area contributed by atoms with Gasteiger partial charge in [-0.05, 0) is 32.0 Å². The number of carbonyl (C=O) groups excluding carboxylic acids is 1. The molecule has 0 saturated carbocycles. The van der Waals surface area contributed by atoms with E-state index in [1.807, 2.05) is 13.8 Å². The summed E-state index contributed by atoms with van der Waals surface area (Å²) in [7, 11) is 0. The van der Waals surface area contributed by atoms with E-state index < -0.39 is 0 Å². The van der Waals surface area contributed by atoms with Crippen molar-refractivity contribution in [1.29, 1.82) is 0 Å². The molecule has 0 bridgehead atoms. The zero-order valence-electron chi connectivity index (χ0n) is 10.2. The smallest absolute Gasteiger partial charge is 0.163 e. The first kappa shape index (κ1) is 14.0. The maximum atomic E-state index is 11.7. The molecule has 94 valence electrons. The van der Waals surface area contributed by atoms with Crippen LogP contribution in [0.3, 0.4) is 0 Å². The van der Waals surface area contributed by atoms with E-state index in [1.54, 1.807) is 18.2 Å². The fourth-order valence-electron chi connectivity index (χ4n) is 1.45. The molecule has 0 aliphatic heterocycles. The predicted molar refractivity (Wildman–Crippen MR) is 71.5 cm³/mol. The fourth-order valence-corrected chi connectivity index (χ4v) is 1.81. The van der Waals surface area contributed by atoms with Crippen LogP contribution in [0.15, 0.2) is 18.2 Å². The monoisotopic (exact) mass is 300 g/mol. The highest BCUT2D eigenvalue weighted by molar-refractivity contribution is 9.09. The van der Waals surface area contributed by atoms with Crippen LogP contribution >= 0.6 is 15.9 Å². The van der Waals surface area contributed by atoms with E-state index in [0.717, 1.165) is 0 Å². The van der Waals surface area contributed by atoms with Gasteiger partial charge in [0.25, 0.3) is 0 Å². The minimum atomic E-state index is 0.103. The van der Waals surface area contributed by atoms with Crippen LogP contribution in [0, 0.1) is 0 Å². The van der Waals surface area contributed by atoms with Gasteiger partial charge in [-0.2, -0.15) is 0 Å². The first-order valence-corrected chi connectivity index (χ1v) is 6.83. The van der Waals surface area contributed by atoms with Crippen LogP contribution in [0.5, 0.6) is 11.5 Å². The summed E-state index contributed by atoms with van der Waals surface area (Å²) >= 11 is 3.26. The van der Waals surface area contributed by atoms with Crippen molar-refractivity contribution in [1.82, 2.24) is 0 Å². The number of halogens is 1. The molecule has 0 unspecified atom stereocenters. The Bertz CT molecular complexity index is 377. The second-order valence-electron chi connectivity index (χ2n) is 3.39. The number of carbonyl (C=O) groups is 1. The highest BCUT2D eigenvalue weighted by Gasteiger charge is 2.10. The van der Waals surface area contributed by atoms with Crippen molar-refractivity contribution in [2.75, 3.05) is 18.5 Å². The summed E-state index contributed by atoms with van der Waals surface area (Å²) in [4.78, 5) is 11.7. The molecule has 0 N–H and O–H groups in total. The van der Waals surface area contributed by atoms with E-state index >= 15 is 0 Å². The number of alkyl halides is 1. The summed E-state index contributed by atoms with van der Waals surface area (Å²) in [5.41, 5.74) is 0.663. The van der Waals surface area contributed by atoms with Gasteiger partial charge in [0.1, 0.15) is 0 Å². The molecule has 1 aromatic carbocycles. The van der Waals surface area contributed by atoms with E-state index in [2.05, 4.69) is 15.9 Å². The Morgan fingerprint density at radius 1 is 1.18 bits per heavy atom. The first-order chi connectivity index (χ1) is 8.22. The van der Waals surface area contributed by atoms with E-state index in [1.165, 1.54) is 0 Å². The Morgan fingerprint density at radius 2 is 1.82 bits per heavy atom. The Kier molecular flexibility index (Phi) is 6.05. The molecule has 0 aliphatic carbocycles. The lowest BCUT2D eigenvalue weighted by molar-refractivity contribution is 0.0989. The molecule has 1 aromatic rings. The van der Waals surface area contributed by atoms with Gasteiger partial charge in [-0.1, -0.05) is 15.9 Å². The van der Waals surface area contributed by atoms with Gasteiger partial charge in [0.2, 0.25) is 0 Å². The Hall–Kier alpha value is -1.03. The number of ether oxygens (including phenoxy) is 2. The standard InChI is InChI=1S/C13H17BrO3/c1-3-16-12-6-5-10(11(15)7-8-14)9-13(12)17-4-2/h5-6,9H,3-4,7-8H2,1-2H3. The molecule has 0 atom stereocenters. The molecular weight excluding hydrogens is 284 g/mol. The van der Waals surface area contributed by atoms with E-state index in [9.17, 15) is 4.79 Å². The molecule has 0 aliphatic rings. The molecule has 0 amide bonds. The number of rotatable bonds is 7. The van der Waals surface area contributed by atoms with Crippen LogP contribution in [0.4, 0.5) is 0 Å². The lowest BCUT2D eigenvalue weighted by atomic mass is 10.1. The molecule has 0 saturated heterocycles. The number of hydrogen-bond donors (Lipinski definition) is 0. The van der Waals surface area contributed by atoms with E-state index in [4.69, 9.17) is 9.47 Å². The van der Waals surface area contributed by atoms with Crippen molar-refractivity contribution in [2.24, 2.45) is 0 Å². The summed E-state index contributed by atoms with van der Waals surface area (Å²) in [6, 6.07) is 5.31. The maximum Gasteiger partial charge on any atom is 0.163 e. The van der Waals surface area contributed by atoms with Crippen LogP contribution < -0.4 is 9.47 Å². The lowest BCUT2D eigenvalue weighted by Gasteiger charge is -2.11. The SMILES string of the molecule is CCOc1ccc(C(=O)CCBr)cc1OCC. The topological polar surface area (TPSA) is 35.5 Å². The third kappa shape index (κ3) is 4.04. The average molecular weight is 301 g/mol. The molecule has 0 spiro atoms. The largest absolute Gasteiger partial charge is 0.490 e. The maximum absolute atomic E-state index is 11.7.